The summed E-state index contributed by atoms with van der Waals surface area (Å²) in [6, 6.07) is 2.85. The van der Waals surface area contributed by atoms with Crippen LogP contribution in [0.1, 0.15) is 13.8 Å². The lowest BCUT2D eigenvalue weighted by molar-refractivity contribution is 0.243. The van der Waals surface area contributed by atoms with Crippen LogP contribution in [0.25, 0.3) is 0 Å². The molecule has 0 fully saturated rings. The fraction of sp³-hybridized carbons (Fsp3) is 0.333. The fourth-order valence-corrected chi connectivity index (χ4v) is 1.43. The predicted octanol–water partition coefficient (Wildman–Crippen LogP) is 1.46. The molecule has 0 spiro atoms. The Morgan fingerprint density at radius 1 is 1.20 bits per heavy atom. The average Bonchev–Trinajstić information content (AvgIpc) is 2.09. The molecule has 0 bridgehead atoms. The predicted molar refractivity (Wildman–Crippen MR) is 62.1 cm³/mol. The smallest absolute Gasteiger partial charge is 0.491 e. The first-order chi connectivity index (χ1) is 6.91. The van der Waals surface area contributed by atoms with Crippen LogP contribution in [0.4, 0.5) is 0 Å². The maximum Gasteiger partial charge on any atom is 0.492 e. The highest BCUT2D eigenvalue weighted by molar-refractivity contribution is 6.60. The lowest BCUT2D eigenvalue weighted by atomic mass is 9.79. The van der Waals surface area contributed by atoms with Gasteiger partial charge in [-0.1, -0.05) is 23.2 Å². The van der Waals surface area contributed by atoms with Gasteiger partial charge >= 0.3 is 7.12 Å². The van der Waals surface area contributed by atoms with Crippen molar-refractivity contribution in [1.82, 2.24) is 0 Å². The van der Waals surface area contributed by atoms with Crippen molar-refractivity contribution in [3.63, 3.8) is 0 Å². The van der Waals surface area contributed by atoms with Crippen molar-refractivity contribution >= 4 is 35.8 Å². The number of rotatable bonds is 3. The van der Waals surface area contributed by atoms with E-state index in [0.29, 0.717) is 10.8 Å². The lowest BCUT2D eigenvalue weighted by Gasteiger charge is -2.14. The van der Waals surface area contributed by atoms with E-state index >= 15 is 0 Å². The van der Waals surface area contributed by atoms with Gasteiger partial charge in [-0.2, -0.15) is 0 Å². The molecule has 3 nitrogen and oxygen atoms in total. The van der Waals surface area contributed by atoms with Crippen molar-refractivity contribution in [3.8, 4) is 5.75 Å². The molecular weight excluding hydrogens is 238 g/mol. The third-order valence-corrected chi connectivity index (χ3v) is 2.42. The van der Waals surface area contributed by atoms with Gasteiger partial charge < -0.3 is 14.8 Å². The minimum absolute atomic E-state index is 0.0836. The topological polar surface area (TPSA) is 49.7 Å². The minimum Gasteiger partial charge on any atom is -0.491 e. The van der Waals surface area contributed by atoms with Gasteiger partial charge in [0.25, 0.3) is 0 Å². The molecule has 0 saturated carbocycles. The number of halogens is 2. The Labute approximate surface area is 98.7 Å². The Bertz CT molecular complexity index is 355. The van der Waals surface area contributed by atoms with Crippen LogP contribution < -0.4 is 10.2 Å². The van der Waals surface area contributed by atoms with E-state index in [1.807, 2.05) is 13.8 Å². The Balaban J connectivity index is 3.16. The Hall–Kier alpha value is -0.415. The molecule has 6 heteroatoms. The number of hydrogen-bond donors (Lipinski definition) is 2. The molecule has 2 N–H and O–H groups in total. The second-order valence-electron chi connectivity index (χ2n) is 3.34. The highest BCUT2D eigenvalue weighted by atomic mass is 35.5. The highest BCUT2D eigenvalue weighted by Gasteiger charge is 2.20. The van der Waals surface area contributed by atoms with E-state index in [-0.39, 0.29) is 16.6 Å². The van der Waals surface area contributed by atoms with Gasteiger partial charge in [0.05, 0.1) is 16.1 Å². The molecule has 0 atom stereocenters. The van der Waals surface area contributed by atoms with Crippen LogP contribution in [0.5, 0.6) is 5.75 Å². The molecular formula is C9H11BCl2O3. The van der Waals surface area contributed by atoms with Gasteiger partial charge in [0.15, 0.2) is 0 Å². The van der Waals surface area contributed by atoms with Crippen molar-refractivity contribution in [2.24, 2.45) is 0 Å². The summed E-state index contributed by atoms with van der Waals surface area (Å²) in [5, 5.41) is 18.8. The van der Waals surface area contributed by atoms with Crippen molar-refractivity contribution in [3.05, 3.63) is 22.2 Å². The second kappa shape index (κ2) is 5.08. The number of ether oxygens (including phenoxy) is 1. The van der Waals surface area contributed by atoms with Crippen LogP contribution in [0.2, 0.25) is 10.0 Å². The summed E-state index contributed by atoms with van der Waals surface area (Å²) in [7, 11) is -1.63. The molecule has 82 valence electrons. The summed E-state index contributed by atoms with van der Waals surface area (Å²) in [6.45, 7) is 3.66. The van der Waals surface area contributed by atoms with Gasteiger partial charge in [-0.25, -0.2) is 0 Å². The standard InChI is InChI=1S/C9H11BCl2O3/c1-5(2)15-9-4-8(12)7(11)3-6(9)10(13)14/h3-5,13-14H,1-2H3. The van der Waals surface area contributed by atoms with E-state index in [1.165, 1.54) is 12.1 Å². The summed E-state index contributed by atoms with van der Waals surface area (Å²) in [5.74, 6) is 0.328. The summed E-state index contributed by atoms with van der Waals surface area (Å²) >= 11 is 11.6. The van der Waals surface area contributed by atoms with Crippen LogP contribution in [0.15, 0.2) is 12.1 Å². The Morgan fingerprint density at radius 2 is 1.73 bits per heavy atom. The monoisotopic (exact) mass is 248 g/mol. The third kappa shape index (κ3) is 3.28. The molecule has 0 radical (unpaired) electrons. The zero-order chi connectivity index (χ0) is 11.6. The van der Waals surface area contributed by atoms with Gasteiger partial charge in [0.2, 0.25) is 0 Å². The molecule has 0 aromatic heterocycles. The van der Waals surface area contributed by atoms with E-state index in [9.17, 15) is 0 Å². The molecule has 0 heterocycles. The van der Waals surface area contributed by atoms with Crippen LogP contribution in [-0.2, 0) is 0 Å². The van der Waals surface area contributed by atoms with E-state index in [4.69, 9.17) is 38.0 Å². The van der Waals surface area contributed by atoms with Crippen LogP contribution in [0.3, 0.4) is 0 Å². The van der Waals surface area contributed by atoms with Gasteiger partial charge in [-0.15, -0.1) is 0 Å². The fourth-order valence-electron chi connectivity index (χ4n) is 1.10. The number of hydrogen-bond acceptors (Lipinski definition) is 3. The average molecular weight is 249 g/mol. The first kappa shape index (κ1) is 12.7. The Kier molecular flexibility index (Phi) is 4.28. The van der Waals surface area contributed by atoms with E-state index in [2.05, 4.69) is 0 Å². The summed E-state index contributed by atoms with van der Waals surface area (Å²) in [6.07, 6.45) is -0.0836. The van der Waals surface area contributed by atoms with Crippen molar-refractivity contribution in [2.75, 3.05) is 0 Å². The molecule has 15 heavy (non-hydrogen) atoms. The molecule has 0 unspecified atom stereocenters. The van der Waals surface area contributed by atoms with Crippen molar-refractivity contribution in [2.45, 2.75) is 20.0 Å². The molecule has 0 aliphatic carbocycles. The Morgan fingerprint density at radius 3 is 2.20 bits per heavy atom. The molecule has 1 aromatic rings. The minimum atomic E-state index is -1.63. The third-order valence-electron chi connectivity index (χ3n) is 1.69. The van der Waals surface area contributed by atoms with Gasteiger partial charge in [0.1, 0.15) is 5.75 Å². The highest BCUT2D eigenvalue weighted by Crippen LogP contribution is 2.25. The van der Waals surface area contributed by atoms with Crippen LogP contribution in [-0.4, -0.2) is 23.3 Å². The van der Waals surface area contributed by atoms with Gasteiger partial charge in [-0.05, 0) is 26.0 Å². The van der Waals surface area contributed by atoms with E-state index in [1.54, 1.807) is 0 Å². The maximum atomic E-state index is 9.11. The van der Waals surface area contributed by atoms with Gasteiger partial charge in [-0.3, -0.25) is 0 Å². The molecule has 0 amide bonds. The molecule has 0 aliphatic rings. The largest absolute Gasteiger partial charge is 0.492 e. The molecule has 1 aromatic carbocycles. The quantitative estimate of drug-likeness (QED) is 0.797. The summed E-state index contributed by atoms with van der Waals surface area (Å²) in [5.41, 5.74) is 0.207. The lowest BCUT2D eigenvalue weighted by Crippen LogP contribution is -2.32. The second-order valence-corrected chi connectivity index (χ2v) is 4.16. The molecule has 1 rings (SSSR count). The first-order valence-electron chi connectivity index (χ1n) is 4.43. The molecule has 0 saturated heterocycles. The SMILES string of the molecule is CC(C)Oc1cc(Cl)c(Cl)cc1B(O)O. The number of benzene rings is 1. The normalized spacial score (nSPS) is 10.6. The van der Waals surface area contributed by atoms with E-state index in [0.717, 1.165) is 0 Å². The van der Waals surface area contributed by atoms with Crippen LogP contribution in [0, 0.1) is 0 Å². The van der Waals surface area contributed by atoms with Gasteiger partial charge in [0, 0.05) is 5.46 Å². The summed E-state index contributed by atoms with van der Waals surface area (Å²) < 4.78 is 5.38. The van der Waals surface area contributed by atoms with Crippen molar-refractivity contribution < 1.29 is 14.8 Å². The maximum absolute atomic E-state index is 9.11. The summed E-state index contributed by atoms with van der Waals surface area (Å²) in [4.78, 5) is 0. The first-order valence-corrected chi connectivity index (χ1v) is 5.19. The zero-order valence-corrected chi connectivity index (χ0v) is 9.88. The zero-order valence-electron chi connectivity index (χ0n) is 8.37. The van der Waals surface area contributed by atoms with E-state index < -0.39 is 7.12 Å². The van der Waals surface area contributed by atoms with Crippen LogP contribution >= 0.6 is 23.2 Å². The van der Waals surface area contributed by atoms with Crippen molar-refractivity contribution in [1.29, 1.82) is 0 Å². The molecule has 0 aliphatic heterocycles.